The summed E-state index contributed by atoms with van der Waals surface area (Å²) < 4.78 is 11.4. The maximum absolute atomic E-state index is 12.8. The minimum absolute atomic E-state index is 0.158. The number of amides is 2. The number of ether oxygens (including phenoxy) is 2. The molecule has 0 atom stereocenters. The molecule has 0 aliphatic carbocycles. The van der Waals surface area contributed by atoms with Crippen molar-refractivity contribution in [3.05, 3.63) is 41.4 Å². The first kappa shape index (κ1) is 16.5. The van der Waals surface area contributed by atoms with Gasteiger partial charge in [0, 0.05) is 23.9 Å². The van der Waals surface area contributed by atoms with Crippen LogP contribution in [-0.2, 0) is 4.74 Å². The number of nitrogens with zero attached hydrogens (tertiary/aromatic N) is 2. The van der Waals surface area contributed by atoms with Gasteiger partial charge in [-0.2, -0.15) is 0 Å². The number of carbonyl (C=O) groups excluding carboxylic acids is 1. The van der Waals surface area contributed by atoms with Crippen molar-refractivity contribution >= 4 is 44.6 Å². The topological polar surface area (TPSA) is 63.7 Å². The number of pyridine rings is 1. The summed E-state index contributed by atoms with van der Waals surface area (Å²) in [4.78, 5) is 20.9. The molecule has 0 saturated carbocycles. The van der Waals surface area contributed by atoms with E-state index in [2.05, 4.69) is 10.3 Å². The number of rotatable bonds is 3. The second-order valence-corrected chi connectivity index (χ2v) is 7.94. The van der Waals surface area contributed by atoms with Gasteiger partial charge in [0.05, 0.1) is 35.7 Å². The number of hydrogen-bond donors (Lipinski definition) is 1. The number of nitrogens with one attached hydrogen (secondary N) is 1. The normalized spacial score (nSPS) is 17.2. The third-order valence-corrected chi connectivity index (χ3v) is 6.00. The molecule has 1 fully saturated rings. The minimum atomic E-state index is -0.158. The molecule has 0 radical (unpaired) electrons. The Morgan fingerprint density at radius 2 is 2.00 bits per heavy atom. The summed E-state index contributed by atoms with van der Waals surface area (Å²) in [6.45, 7) is 3.50. The van der Waals surface area contributed by atoms with Crippen molar-refractivity contribution in [2.75, 3.05) is 23.4 Å². The highest BCUT2D eigenvalue weighted by Crippen LogP contribution is 2.45. The van der Waals surface area contributed by atoms with Crippen LogP contribution in [0.2, 0.25) is 0 Å². The molecule has 138 valence electrons. The first-order chi connectivity index (χ1) is 13.2. The third kappa shape index (κ3) is 2.83. The van der Waals surface area contributed by atoms with E-state index in [1.54, 1.807) is 22.4 Å². The van der Waals surface area contributed by atoms with Crippen LogP contribution < -0.4 is 15.0 Å². The number of hydrogen-bond acceptors (Lipinski definition) is 5. The Hall–Kier alpha value is -2.64. The summed E-state index contributed by atoms with van der Waals surface area (Å²) in [5.41, 5.74) is 2.54. The summed E-state index contributed by atoms with van der Waals surface area (Å²) in [6, 6.07) is 9.42. The molecule has 3 aromatic rings. The van der Waals surface area contributed by atoms with E-state index in [9.17, 15) is 4.79 Å². The molecule has 7 heteroatoms. The average Bonchev–Trinajstić information content (AvgIpc) is 3.00. The quantitative estimate of drug-likeness (QED) is 0.705. The van der Waals surface area contributed by atoms with E-state index in [1.807, 2.05) is 37.3 Å². The summed E-state index contributed by atoms with van der Waals surface area (Å²) >= 11 is 1.60. The summed E-state index contributed by atoms with van der Waals surface area (Å²) in [6.07, 6.45) is 3.77. The maximum atomic E-state index is 12.8. The Bertz CT molecular complexity index is 1010. The van der Waals surface area contributed by atoms with Crippen LogP contribution in [0.5, 0.6) is 5.75 Å². The van der Waals surface area contributed by atoms with Crippen LogP contribution in [-0.4, -0.2) is 30.3 Å². The Kier molecular flexibility index (Phi) is 3.98. The molecule has 2 aromatic heterocycles. The second kappa shape index (κ2) is 6.51. The first-order valence-electron chi connectivity index (χ1n) is 9.04. The van der Waals surface area contributed by atoms with Crippen LogP contribution in [0.1, 0.15) is 17.7 Å². The molecule has 2 aliphatic rings. The monoisotopic (exact) mass is 381 g/mol. The predicted molar refractivity (Wildman–Crippen MR) is 106 cm³/mol. The Morgan fingerprint density at radius 3 is 2.78 bits per heavy atom. The zero-order chi connectivity index (χ0) is 18.4. The number of carbonyl (C=O) groups is 1. The highest BCUT2D eigenvalue weighted by molar-refractivity contribution is 7.19. The van der Waals surface area contributed by atoms with Crippen molar-refractivity contribution in [3.63, 3.8) is 0 Å². The average molecular weight is 381 g/mol. The van der Waals surface area contributed by atoms with Crippen LogP contribution in [0.15, 0.2) is 36.5 Å². The Labute approximate surface area is 160 Å². The molecule has 2 aliphatic heterocycles. The lowest BCUT2D eigenvalue weighted by atomic mass is 10.1. The number of benzene rings is 1. The number of anilines is 3. The standard InChI is InChI=1S/C20H19N3O3S/c1-12-18-17-16(6-9-21-19(17)27-12)23(20(24)22-18)13-2-4-14(5-3-13)26-15-7-10-25-11-8-15/h2-6,9,15H,7-8,10-11H2,1H3,(H,22,24). The SMILES string of the molecule is Cc1sc2nccc3c2c1NC(=O)N3c1ccc(OC2CCOCC2)cc1. The lowest BCUT2D eigenvalue weighted by Crippen LogP contribution is -2.33. The number of urea groups is 1. The lowest BCUT2D eigenvalue weighted by Gasteiger charge is -2.28. The highest BCUT2D eigenvalue weighted by Gasteiger charge is 2.29. The van der Waals surface area contributed by atoms with Crippen LogP contribution in [0, 0.1) is 6.92 Å². The van der Waals surface area contributed by atoms with Gasteiger partial charge in [0.2, 0.25) is 0 Å². The van der Waals surface area contributed by atoms with Gasteiger partial charge < -0.3 is 14.8 Å². The summed E-state index contributed by atoms with van der Waals surface area (Å²) in [5.74, 6) is 0.815. The van der Waals surface area contributed by atoms with Crippen molar-refractivity contribution in [2.45, 2.75) is 25.9 Å². The summed E-state index contributed by atoms with van der Waals surface area (Å²) in [7, 11) is 0. The van der Waals surface area contributed by atoms with Crippen molar-refractivity contribution < 1.29 is 14.3 Å². The summed E-state index contributed by atoms with van der Waals surface area (Å²) in [5, 5.41) is 4.02. The number of aromatic nitrogens is 1. The lowest BCUT2D eigenvalue weighted by molar-refractivity contribution is 0.0256. The molecule has 0 unspecified atom stereocenters. The third-order valence-electron chi connectivity index (χ3n) is 4.99. The highest BCUT2D eigenvalue weighted by atomic mass is 32.1. The molecule has 6 nitrogen and oxygen atoms in total. The Morgan fingerprint density at radius 1 is 1.22 bits per heavy atom. The van der Waals surface area contributed by atoms with Gasteiger partial charge >= 0.3 is 6.03 Å². The van der Waals surface area contributed by atoms with Crippen molar-refractivity contribution in [2.24, 2.45) is 0 Å². The van der Waals surface area contributed by atoms with E-state index in [-0.39, 0.29) is 12.1 Å². The first-order valence-corrected chi connectivity index (χ1v) is 9.86. The number of thiophene rings is 1. The van der Waals surface area contributed by atoms with E-state index in [1.165, 1.54) is 0 Å². The van der Waals surface area contributed by atoms with E-state index >= 15 is 0 Å². The van der Waals surface area contributed by atoms with Gasteiger partial charge in [-0.05, 0) is 37.3 Å². The predicted octanol–water partition coefficient (Wildman–Crippen LogP) is 4.85. The molecule has 1 saturated heterocycles. The smallest absolute Gasteiger partial charge is 0.331 e. The van der Waals surface area contributed by atoms with Crippen molar-refractivity contribution in [1.29, 1.82) is 0 Å². The number of aryl methyl sites for hydroxylation is 1. The van der Waals surface area contributed by atoms with Gasteiger partial charge in [0.1, 0.15) is 16.7 Å². The molecule has 1 N–H and O–H groups in total. The fourth-order valence-corrected chi connectivity index (χ4v) is 4.61. The van der Waals surface area contributed by atoms with E-state index < -0.39 is 0 Å². The fourth-order valence-electron chi connectivity index (χ4n) is 3.64. The van der Waals surface area contributed by atoms with Gasteiger partial charge in [0.15, 0.2) is 0 Å². The van der Waals surface area contributed by atoms with Crippen LogP contribution in [0.3, 0.4) is 0 Å². The molecule has 4 heterocycles. The van der Waals surface area contributed by atoms with Crippen LogP contribution in [0.4, 0.5) is 21.9 Å². The van der Waals surface area contributed by atoms with Crippen molar-refractivity contribution in [1.82, 2.24) is 4.98 Å². The molecule has 0 bridgehead atoms. The zero-order valence-corrected chi connectivity index (χ0v) is 15.7. The van der Waals surface area contributed by atoms with Gasteiger partial charge in [0.25, 0.3) is 0 Å². The molecule has 2 amide bonds. The van der Waals surface area contributed by atoms with E-state index in [0.717, 1.165) is 64.0 Å². The van der Waals surface area contributed by atoms with Gasteiger partial charge in [-0.25, -0.2) is 9.78 Å². The zero-order valence-electron chi connectivity index (χ0n) is 14.9. The van der Waals surface area contributed by atoms with Crippen molar-refractivity contribution in [3.8, 4) is 5.75 Å². The molecular weight excluding hydrogens is 362 g/mol. The van der Waals surface area contributed by atoms with E-state index in [4.69, 9.17) is 9.47 Å². The molecule has 1 aromatic carbocycles. The minimum Gasteiger partial charge on any atom is -0.490 e. The van der Waals surface area contributed by atoms with Gasteiger partial charge in [-0.1, -0.05) is 0 Å². The van der Waals surface area contributed by atoms with E-state index in [0.29, 0.717) is 0 Å². The molecule has 27 heavy (non-hydrogen) atoms. The van der Waals surface area contributed by atoms with Gasteiger partial charge in [-0.15, -0.1) is 11.3 Å². The van der Waals surface area contributed by atoms with Crippen LogP contribution >= 0.6 is 11.3 Å². The van der Waals surface area contributed by atoms with Crippen LogP contribution in [0.25, 0.3) is 10.2 Å². The molecular formula is C20H19N3O3S. The molecule has 0 spiro atoms. The second-order valence-electron chi connectivity index (χ2n) is 6.73. The van der Waals surface area contributed by atoms with Gasteiger partial charge in [-0.3, -0.25) is 4.90 Å². The largest absolute Gasteiger partial charge is 0.490 e. The fraction of sp³-hybridized carbons (Fsp3) is 0.300. The maximum Gasteiger partial charge on any atom is 0.331 e. The Balaban J connectivity index is 1.47. The molecule has 5 rings (SSSR count).